The molecular formula is C45H29N3. The average Bonchev–Trinajstić information content (AvgIpc) is 3.17. The summed E-state index contributed by atoms with van der Waals surface area (Å²) in [5.41, 5.74) is 7.71. The quantitative estimate of drug-likeness (QED) is 0.194. The first kappa shape index (κ1) is 27.8. The molecule has 0 fully saturated rings. The van der Waals surface area contributed by atoms with Crippen molar-refractivity contribution in [2.45, 2.75) is 0 Å². The lowest BCUT2D eigenvalue weighted by Crippen LogP contribution is -2.00. The summed E-state index contributed by atoms with van der Waals surface area (Å²) >= 11 is 0. The molecular weight excluding hydrogens is 583 g/mol. The van der Waals surface area contributed by atoms with Crippen LogP contribution in [0.2, 0.25) is 0 Å². The van der Waals surface area contributed by atoms with Gasteiger partial charge in [0.05, 0.1) is 0 Å². The molecule has 0 radical (unpaired) electrons. The van der Waals surface area contributed by atoms with Gasteiger partial charge < -0.3 is 0 Å². The van der Waals surface area contributed by atoms with Gasteiger partial charge in [-0.3, -0.25) is 0 Å². The van der Waals surface area contributed by atoms with E-state index in [2.05, 4.69) is 176 Å². The zero-order valence-electron chi connectivity index (χ0n) is 26.1. The zero-order chi connectivity index (χ0) is 31.9. The van der Waals surface area contributed by atoms with Crippen molar-refractivity contribution in [1.29, 1.82) is 0 Å². The topological polar surface area (TPSA) is 38.7 Å². The first-order valence-electron chi connectivity index (χ1n) is 16.2. The molecule has 0 spiro atoms. The molecule has 0 aliphatic carbocycles. The summed E-state index contributed by atoms with van der Waals surface area (Å²) in [5, 5.41) is 6.97. The van der Waals surface area contributed by atoms with Crippen molar-refractivity contribution in [3.05, 3.63) is 176 Å². The summed E-state index contributed by atoms with van der Waals surface area (Å²) in [4.78, 5) is 15.2. The molecule has 0 aliphatic rings. The van der Waals surface area contributed by atoms with Crippen molar-refractivity contribution >= 4 is 32.3 Å². The Morgan fingerprint density at radius 1 is 0.229 bits per heavy atom. The zero-order valence-corrected chi connectivity index (χ0v) is 26.1. The van der Waals surface area contributed by atoms with Gasteiger partial charge in [-0.1, -0.05) is 152 Å². The van der Waals surface area contributed by atoms with Crippen LogP contribution in [0.15, 0.2) is 176 Å². The maximum absolute atomic E-state index is 5.06. The number of nitrogens with zero attached hydrogens (tertiary/aromatic N) is 3. The third-order valence-corrected chi connectivity index (χ3v) is 9.07. The Kier molecular flexibility index (Phi) is 6.80. The van der Waals surface area contributed by atoms with Crippen LogP contribution in [0.1, 0.15) is 0 Å². The number of fused-ring (bicyclic) bond motifs is 3. The van der Waals surface area contributed by atoms with Gasteiger partial charge in [0.1, 0.15) is 0 Å². The number of benzene rings is 8. The van der Waals surface area contributed by atoms with Gasteiger partial charge in [0.15, 0.2) is 17.5 Å². The summed E-state index contributed by atoms with van der Waals surface area (Å²) < 4.78 is 0. The maximum Gasteiger partial charge on any atom is 0.164 e. The third-order valence-electron chi connectivity index (χ3n) is 9.07. The highest BCUT2D eigenvalue weighted by molar-refractivity contribution is 5.94. The molecule has 1 aromatic heterocycles. The largest absolute Gasteiger partial charge is 0.208 e. The standard InChI is InChI=1S/C45H29N3/c1-2-12-32(13-3-1)41-16-8-9-17-42(41)37-22-20-36-29-40(25-21-35(36)26-37)45-47-43(38-23-18-30-10-4-6-14-33(30)27-38)46-44(48-45)39-24-19-31-11-5-7-15-34(31)28-39/h1-29H. The van der Waals surface area contributed by atoms with Crippen LogP contribution >= 0.6 is 0 Å². The summed E-state index contributed by atoms with van der Waals surface area (Å²) in [5.74, 6) is 1.96. The SMILES string of the molecule is c1ccc(-c2ccccc2-c2ccc3cc(-c4nc(-c5ccc6ccccc6c5)nc(-c5ccc6ccccc6c5)n4)ccc3c2)cc1. The van der Waals surface area contributed by atoms with Crippen LogP contribution in [0.5, 0.6) is 0 Å². The van der Waals surface area contributed by atoms with Gasteiger partial charge in [-0.25, -0.2) is 15.0 Å². The highest BCUT2D eigenvalue weighted by atomic mass is 15.0. The second-order valence-corrected chi connectivity index (χ2v) is 12.1. The normalized spacial score (nSPS) is 11.3. The van der Waals surface area contributed by atoms with Crippen molar-refractivity contribution in [3.63, 3.8) is 0 Å². The summed E-state index contributed by atoms with van der Waals surface area (Å²) in [6.45, 7) is 0. The van der Waals surface area contributed by atoms with Crippen LogP contribution in [0.3, 0.4) is 0 Å². The minimum atomic E-state index is 0.650. The van der Waals surface area contributed by atoms with E-state index in [1.165, 1.54) is 33.0 Å². The van der Waals surface area contributed by atoms with Crippen LogP contribution < -0.4 is 0 Å². The Labute approximate surface area is 278 Å². The van der Waals surface area contributed by atoms with Crippen LogP contribution in [0, 0.1) is 0 Å². The van der Waals surface area contributed by atoms with E-state index in [4.69, 9.17) is 15.0 Å². The molecule has 0 aliphatic heterocycles. The second kappa shape index (κ2) is 11.7. The number of hydrogen-bond acceptors (Lipinski definition) is 3. The molecule has 0 saturated heterocycles. The molecule has 0 amide bonds. The molecule has 3 heteroatoms. The second-order valence-electron chi connectivity index (χ2n) is 12.1. The Morgan fingerprint density at radius 3 is 1.06 bits per heavy atom. The van der Waals surface area contributed by atoms with E-state index in [0.29, 0.717) is 17.5 Å². The number of hydrogen-bond donors (Lipinski definition) is 0. The Balaban J connectivity index is 1.16. The maximum atomic E-state index is 5.06. The van der Waals surface area contributed by atoms with Crippen molar-refractivity contribution in [2.75, 3.05) is 0 Å². The molecule has 9 aromatic rings. The van der Waals surface area contributed by atoms with Crippen molar-refractivity contribution < 1.29 is 0 Å². The van der Waals surface area contributed by atoms with E-state index >= 15 is 0 Å². The lowest BCUT2D eigenvalue weighted by molar-refractivity contribution is 1.08. The molecule has 0 atom stereocenters. The van der Waals surface area contributed by atoms with Crippen molar-refractivity contribution in [2.24, 2.45) is 0 Å². The molecule has 48 heavy (non-hydrogen) atoms. The third kappa shape index (κ3) is 5.18. The van der Waals surface area contributed by atoms with Crippen LogP contribution in [0.4, 0.5) is 0 Å². The van der Waals surface area contributed by atoms with E-state index in [9.17, 15) is 0 Å². The number of aromatic nitrogens is 3. The average molecular weight is 612 g/mol. The molecule has 3 nitrogen and oxygen atoms in total. The van der Waals surface area contributed by atoms with Gasteiger partial charge in [-0.15, -0.1) is 0 Å². The lowest BCUT2D eigenvalue weighted by Gasteiger charge is -2.12. The predicted octanol–water partition coefficient (Wildman–Crippen LogP) is 11.7. The predicted molar refractivity (Wildman–Crippen MR) is 200 cm³/mol. The molecule has 8 aromatic carbocycles. The summed E-state index contributed by atoms with van der Waals surface area (Å²) in [7, 11) is 0. The van der Waals surface area contributed by atoms with E-state index in [1.54, 1.807) is 0 Å². The van der Waals surface area contributed by atoms with Crippen molar-refractivity contribution in [3.8, 4) is 56.4 Å². The highest BCUT2D eigenvalue weighted by Gasteiger charge is 2.14. The summed E-state index contributed by atoms with van der Waals surface area (Å²) in [6, 6.07) is 61.9. The van der Waals surface area contributed by atoms with Gasteiger partial charge in [-0.05, 0) is 78.8 Å². The van der Waals surface area contributed by atoms with Gasteiger partial charge in [0.25, 0.3) is 0 Å². The monoisotopic (exact) mass is 611 g/mol. The Hall–Kier alpha value is -6.45. The smallest absolute Gasteiger partial charge is 0.164 e. The van der Waals surface area contributed by atoms with Crippen LogP contribution in [-0.4, -0.2) is 15.0 Å². The fraction of sp³-hybridized carbons (Fsp3) is 0. The fourth-order valence-corrected chi connectivity index (χ4v) is 6.58. The molecule has 0 bridgehead atoms. The van der Waals surface area contributed by atoms with Gasteiger partial charge in [-0.2, -0.15) is 0 Å². The Bertz CT molecular complexity index is 2530. The molecule has 224 valence electrons. The summed E-state index contributed by atoms with van der Waals surface area (Å²) in [6.07, 6.45) is 0. The molecule has 1 heterocycles. The highest BCUT2D eigenvalue weighted by Crippen LogP contribution is 2.35. The number of rotatable bonds is 5. The Morgan fingerprint density at radius 2 is 0.562 bits per heavy atom. The van der Waals surface area contributed by atoms with Crippen molar-refractivity contribution in [1.82, 2.24) is 15.0 Å². The minimum Gasteiger partial charge on any atom is -0.208 e. The first-order chi connectivity index (χ1) is 23.7. The van der Waals surface area contributed by atoms with E-state index in [0.717, 1.165) is 38.2 Å². The minimum absolute atomic E-state index is 0.650. The molecule has 0 N–H and O–H groups in total. The van der Waals surface area contributed by atoms with E-state index in [-0.39, 0.29) is 0 Å². The van der Waals surface area contributed by atoms with E-state index < -0.39 is 0 Å². The molecule has 9 rings (SSSR count). The van der Waals surface area contributed by atoms with E-state index in [1.807, 2.05) is 0 Å². The van der Waals surface area contributed by atoms with Gasteiger partial charge in [0.2, 0.25) is 0 Å². The van der Waals surface area contributed by atoms with Crippen LogP contribution in [0.25, 0.3) is 88.7 Å². The lowest BCUT2D eigenvalue weighted by atomic mass is 9.93. The fourth-order valence-electron chi connectivity index (χ4n) is 6.58. The first-order valence-corrected chi connectivity index (χ1v) is 16.2. The molecule has 0 unspecified atom stereocenters. The van der Waals surface area contributed by atoms with Crippen LogP contribution in [-0.2, 0) is 0 Å². The van der Waals surface area contributed by atoms with Gasteiger partial charge in [0, 0.05) is 16.7 Å². The van der Waals surface area contributed by atoms with Gasteiger partial charge >= 0.3 is 0 Å². The molecule has 0 saturated carbocycles.